The summed E-state index contributed by atoms with van der Waals surface area (Å²) in [6.45, 7) is 4.57. The monoisotopic (exact) mass is 567 g/mol. The van der Waals surface area contributed by atoms with E-state index < -0.39 is 23.5 Å². The van der Waals surface area contributed by atoms with Crippen LogP contribution in [0.2, 0.25) is 0 Å². The van der Waals surface area contributed by atoms with E-state index in [2.05, 4.69) is 20.3 Å². The molecule has 2 aliphatic rings. The largest absolute Gasteiger partial charge is 0.416 e. The molecule has 0 radical (unpaired) electrons. The quantitative estimate of drug-likeness (QED) is 0.276. The highest BCUT2D eigenvalue weighted by Crippen LogP contribution is 2.39. The van der Waals surface area contributed by atoms with Crippen molar-refractivity contribution in [1.29, 1.82) is 0 Å². The van der Waals surface area contributed by atoms with Crippen LogP contribution in [0, 0.1) is 0 Å². The van der Waals surface area contributed by atoms with Crippen molar-refractivity contribution in [3.8, 4) is 0 Å². The van der Waals surface area contributed by atoms with E-state index in [1.165, 1.54) is 16.7 Å². The molecule has 5 rings (SSSR count). The number of tetrazole rings is 1. The van der Waals surface area contributed by atoms with Gasteiger partial charge in [0.15, 0.2) is 0 Å². The number of halogens is 6. The number of benzene rings is 1. The molecule has 40 heavy (non-hydrogen) atoms. The standard InChI is InChI=1S/C27H31F6N7/c1-16(2)23-9-4-18(24(34-23)15-40(21-5-6-21)22-7-8-22)14-39(25-35-37-38(3)36-25)13-17-10-19(26(28,29)30)12-20(11-17)27(31,32)33/h4,9-12,16,21-22H,5-8,13-15H2,1-3H3. The fourth-order valence-electron chi connectivity index (χ4n) is 4.83. The second-order valence-electron chi connectivity index (χ2n) is 11.0. The molecule has 2 aromatic heterocycles. The van der Waals surface area contributed by atoms with Gasteiger partial charge in [0.1, 0.15) is 0 Å². The van der Waals surface area contributed by atoms with Gasteiger partial charge in [-0.3, -0.25) is 9.88 Å². The van der Waals surface area contributed by atoms with Crippen LogP contribution in [0.4, 0.5) is 32.3 Å². The molecule has 0 N–H and O–H groups in total. The van der Waals surface area contributed by atoms with Crippen molar-refractivity contribution < 1.29 is 26.3 Å². The maximum absolute atomic E-state index is 13.5. The number of nitrogens with zero attached hydrogens (tertiary/aromatic N) is 7. The Morgan fingerprint density at radius 2 is 1.48 bits per heavy atom. The molecule has 0 aliphatic heterocycles. The Morgan fingerprint density at radius 1 is 0.875 bits per heavy atom. The van der Waals surface area contributed by atoms with E-state index in [1.54, 1.807) is 0 Å². The topological polar surface area (TPSA) is 63.0 Å². The molecule has 0 unspecified atom stereocenters. The third-order valence-corrected chi connectivity index (χ3v) is 7.21. The SMILES string of the molecule is CC(C)c1ccc(CN(Cc2cc(C(F)(F)F)cc(C(F)(F)F)c2)c2nnn(C)n2)c(CN(C2CC2)C2CC2)n1. The first kappa shape index (κ1) is 28.3. The van der Waals surface area contributed by atoms with Gasteiger partial charge in [-0.2, -0.15) is 31.1 Å². The van der Waals surface area contributed by atoms with Crippen molar-refractivity contribution in [2.24, 2.45) is 7.05 Å². The lowest BCUT2D eigenvalue weighted by Gasteiger charge is -2.26. The molecule has 0 spiro atoms. The van der Waals surface area contributed by atoms with Crippen LogP contribution in [0.1, 0.15) is 79.1 Å². The summed E-state index contributed by atoms with van der Waals surface area (Å²) in [6, 6.07) is 6.50. The highest BCUT2D eigenvalue weighted by molar-refractivity contribution is 5.39. The van der Waals surface area contributed by atoms with E-state index in [1.807, 2.05) is 26.0 Å². The van der Waals surface area contributed by atoms with Crippen LogP contribution in [0.3, 0.4) is 0 Å². The van der Waals surface area contributed by atoms with Crippen LogP contribution >= 0.6 is 0 Å². The number of aryl methyl sites for hydroxylation is 1. The summed E-state index contributed by atoms with van der Waals surface area (Å²) >= 11 is 0. The highest BCUT2D eigenvalue weighted by Gasteiger charge is 2.40. The lowest BCUT2D eigenvalue weighted by molar-refractivity contribution is -0.143. The minimum absolute atomic E-state index is 0.0913. The maximum atomic E-state index is 13.5. The zero-order chi connectivity index (χ0) is 28.8. The van der Waals surface area contributed by atoms with Gasteiger partial charge in [0.05, 0.1) is 23.9 Å². The zero-order valence-electron chi connectivity index (χ0n) is 22.5. The van der Waals surface area contributed by atoms with Crippen molar-refractivity contribution in [1.82, 2.24) is 30.1 Å². The Labute approximate surface area is 228 Å². The Hall–Kier alpha value is -3.22. The van der Waals surface area contributed by atoms with Gasteiger partial charge in [0.25, 0.3) is 5.95 Å². The van der Waals surface area contributed by atoms with Gasteiger partial charge >= 0.3 is 12.4 Å². The molecular weight excluding hydrogens is 536 g/mol. The molecule has 0 atom stereocenters. The molecule has 3 aromatic rings. The molecule has 216 valence electrons. The summed E-state index contributed by atoms with van der Waals surface area (Å²) in [4.78, 5) is 10.2. The average Bonchev–Trinajstić information content (AvgIpc) is 3.80. The second-order valence-corrected chi connectivity index (χ2v) is 11.0. The van der Waals surface area contributed by atoms with E-state index >= 15 is 0 Å². The fourth-order valence-corrected chi connectivity index (χ4v) is 4.83. The first-order valence-corrected chi connectivity index (χ1v) is 13.3. The van der Waals surface area contributed by atoms with Gasteiger partial charge < -0.3 is 4.90 Å². The third kappa shape index (κ3) is 6.73. The Kier molecular flexibility index (Phi) is 7.53. The van der Waals surface area contributed by atoms with E-state index in [-0.39, 0.29) is 36.6 Å². The number of rotatable bonds is 10. The Morgan fingerprint density at radius 3 is 1.95 bits per heavy atom. The van der Waals surface area contributed by atoms with Crippen LogP contribution < -0.4 is 4.90 Å². The summed E-state index contributed by atoms with van der Waals surface area (Å²) in [5.41, 5.74) is -0.317. The number of aromatic nitrogens is 5. The molecule has 2 aliphatic carbocycles. The minimum Gasteiger partial charge on any atom is -0.329 e. The van der Waals surface area contributed by atoms with E-state index in [9.17, 15) is 26.3 Å². The van der Waals surface area contributed by atoms with Crippen LogP contribution in [-0.4, -0.2) is 42.2 Å². The number of alkyl halides is 6. The molecule has 0 bridgehead atoms. The van der Waals surface area contributed by atoms with Gasteiger partial charge in [-0.25, -0.2) is 0 Å². The van der Waals surface area contributed by atoms with Gasteiger partial charge in [0.2, 0.25) is 0 Å². The number of hydrogen-bond donors (Lipinski definition) is 0. The van der Waals surface area contributed by atoms with Gasteiger partial charge in [0, 0.05) is 37.4 Å². The van der Waals surface area contributed by atoms with Crippen molar-refractivity contribution in [3.63, 3.8) is 0 Å². The van der Waals surface area contributed by atoms with Crippen molar-refractivity contribution in [2.75, 3.05) is 4.90 Å². The molecular formula is C27H31F6N7. The van der Waals surface area contributed by atoms with Crippen LogP contribution in [0.25, 0.3) is 0 Å². The van der Waals surface area contributed by atoms with Gasteiger partial charge in [-0.1, -0.05) is 25.0 Å². The summed E-state index contributed by atoms with van der Waals surface area (Å²) in [7, 11) is 1.54. The van der Waals surface area contributed by atoms with Crippen LogP contribution in [0.5, 0.6) is 0 Å². The van der Waals surface area contributed by atoms with Crippen molar-refractivity contribution >= 4 is 5.95 Å². The number of anilines is 1. The second kappa shape index (κ2) is 10.6. The van der Waals surface area contributed by atoms with Crippen molar-refractivity contribution in [2.45, 2.75) is 89.5 Å². The first-order chi connectivity index (χ1) is 18.8. The molecule has 7 nitrogen and oxygen atoms in total. The molecule has 0 amide bonds. The Balaban J connectivity index is 1.51. The molecule has 2 fully saturated rings. The average molecular weight is 568 g/mol. The number of hydrogen-bond acceptors (Lipinski definition) is 6. The lowest BCUT2D eigenvalue weighted by Crippen LogP contribution is -2.30. The minimum atomic E-state index is -4.94. The fraction of sp³-hybridized carbons (Fsp3) is 0.556. The predicted molar refractivity (Wildman–Crippen MR) is 135 cm³/mol. The van der Waals surface area contributed by atoms with E-state index in [0.29, 0.717) is 18.6 Å². The highest BCUT2D eigenvalue weighted by atomic mass is 19.4. The van der Waals surface area contributed by atoms with Gasteiger partial charge in [-0.05, 0) is 72.2 Å². The zero-order valence-corrected chi connectivity index (χ0v) is 22.5. The normalized spacial score (nSPS) is 16.3. The van der Waals surface area contributed by atoms with Crippen molar-refractivity contribution in [3.05, 3.63) is 64.0 Å². The third-order valence-electron chi connectivity index (χ3n) is 7.21. The predicted octanol–water partition coefficient (Wildman–Crippen LogP) is 6.10. The Bertz CT molecular complexity index is 1300. The van der Waals surface area contributed by atoms with Crippen LogP contribution in [0.15, 0.2) is 30.3 Å². The first-order valence-electron chi connectivity index (χ1n) is 13.3. The maximum Gasteiger partial charge on any atom is 0.416 e. The molecule has 2 saturated carbocycles. The summed E-state index contributed by atoms with van der Waals surface area (Å²) in [5.74, 6) is 0.278. The number of pyridine rings is 1. The van der Waals surface area contributed by atoms with Gasteiger partial charge in [-0.15, -0.1) is 5.10 Å². The molecule has 0 saturated heterocycles. The molecule has 1 aromatic carbocycles. The summed E-state index contributed by atoms with van der Waals surface area (Å²) in [5, 5.41) is 12.1. The summed E-state index contributed by atoms with van der Waals surface area (Å²) < 4.78 is 81.2. The van der Waals surface area contributed by atoms with E-state index in [4.69, 9.17) is 4.98 Å². The molecule has 2 heterocycles. The smallest absolute Gasteiger partial charge is 0.329 e. The summed E-state index contributed by atoms with van der Waals surface area (Å²) in [6.07, 6.45) is -5.31. The molecule has 13 heteroatoms. The lowest BCUT2D eigenvalue weighted by atomic mass is 10.0. The van der Waals surface area contributed by atoms with Crippen LogP contribution in [-0.2, 0) is 39.0 Å². The van der Waals surface area contributed by atoms with E-state index in [0.717, 1.165) is 54.8 Å².